The van der Waals surface area contributed by atoms with Gasteiger partial charge in [-0.1, -0.05) is 24.3 Å². The fraction of sp³-hybridized carbons (Fsp3) is 0.441. The first-order valence-electron chi connectivity index (χ1n) is 15.3. The van der Waals surface area contributed by atoms with E-state index in [4.69, 9.17) is 23.9 Å². The molecule has 1 N–H and O–H groups in total. The van der Waals surface area contributed by atoms with Gasteiger partial charge < -0.3 is 29.0 Å². The Balaban J connectivity index is 1.18. The molecular weight excluding hydrogens is 560 g/mol. The molecule has 1 fully saturated rings. The fourth-order valence-corrected chi connectivity index (χ4v) is 6.35. The largest absolute Gasteiger partial charge is 0.488 e. The minimum absolute atomic E-state index is 0.0204. The number of methoxy groups -OCH3 is 1. The summed E-state index contributed by atoms with van der Waals surface area (Å²) in [5.41, 5.74) is 8.17. The van der Waals surface area contributed by atoms with E-state index in [9.17, 15) is 9.90 Å². The van der Waals surface area contributed by atoms with Crippen molar-refractivity contribution in [3.8, 4) is 11.7 Å². The molecule has 6 rings (SSSR count). The molecule has 1 aliphatic carbocycles. The summed E-state index contributed by atoms with van der Waals surface area (Å²) in [6.07, 6.45) is 7.43. The van der Waals surface area contributed by atoms with Gasteiger partial charge in [0.15, 0.2) is 5.82 Å². The Kier molecular flexibility index (Phi) is 9.11. The lowest BCUT2D eigenvalue weighted by Gasteiger charge is -2.29. The van der Waals surface area contributed by atoms with Crippen LogP contribution in [0, 0.1) is 6.92 Å². The lowest BCUT2D eigenvalue weighted by atomic mass is 9.93. The van der Waals surface area contributed by atoms with E-state index < -0.39 is 5.97 Å². The van der Waals surface area contributed by atoms with E-state index in [1.807, 2.05) is 12.1 Å². The van der Waals surface area contributed by atoms with Crippen LogP contribution in [0.3, 0.4) is 0 Å². The topological polar surface area (TPSA) is 108 Å². The number of pyridine rings is 1. The van der Waals surface area contributed by atoms with Gasteiger partial charge in [-0.05, 0) is 79.5 Å². The van der Waals surface area contributed by atoms with Gasteiger partial charge >= 0.3 is 5.97 Å². The van der Waals surface area contributed by atoms with Gasteiger partial charge in [0.2, 0.25) is 5.88 Å². The summed E-state index contributed by atoms with van der Waals surface area (Å²) in [4.78, 5) is 19.0. The molecule has 4 heterocycles. The molecule has 10 nitrogen and oxygen atoms in total. The summed E-state index contributed by atoms with van der Waals surface area (Å²) in [6.45, 7) is 9.80. The third-order valence-corrected chi connectivity index (χ3v) is 8.78. The van der Waals surface area contributed by atoms with Crippen molar-refractivity contribution in [2.75, 3.05) is 46.6 Å². The van der Waals surface area contributed by atoms with Crippen molar-refractivity contribution in [2.24, 2.45) is 0 Å². The van der Waals surface area contributed by atoms with E-state index >= 15 is 0 Å². The van der Waals surface area contributed by atoms with Crippen LogP contribution >= 0.6 is 0 Å². The van der Waals surface area contributed by atoms with Crippen LogP contribution in [0.1, 0.15) is 58.1 Å². The number of aromatic carboxylic acids is 1. The Labute approximate surface area is 257 Å². The molecule has 3 aromatic rings. The Morgan fingerprint density at radius 1 is 1.11 bits per heavy atom. The number of hydrogen-bond donors (Lipinski definition) is 1. The van der Waals surface area contributed by atoms with Crippen molar-refractivity contribution < 1.29 is 28.8 Å². The first kappa shape index (κ1) is 30.1. The molecule has 2 aliphatic heterocycles. The van der Waals surface area contributed by atoms with Crippen molar-refractivity contribution in [3.63, 3.8) is 0 Å². The summed E-state index contributed by atoms with van der Waals surface area (Å²) in [5, 5.41) is 13.7. The lowest BCUT2D eigenvalue weighted by molar-refractivity contribution is -0.0972. The molecule has 1 saturated heterocycles. The van der Waals surface area contributed by atoms with Gasteiger partial charge in [0.25, 0.3) is 0 Å². The van der Waals surface area contributed by atoms with Crippen molar-refractivity contribution in [3.05, 3.63) is 87.4 Å². The summed E-state index contributed by atoms with van der Waals surface area (Å²) in [7, 11) is 1.42. The molecule has 44 heavy (non-hydrogen) atoms. The number of benzene rings is 1. The van der Waals surface area contributed by atoms with Crippen LogP contribution < -0.4 is 4.74 Å². The molecule has 10 heteroatoms. The van der Waals surface area contributed by atoms with Crippen LogP contribution in [0.2, 0.25) is 0 Å². The predicted molar refractivity (Wildman–Crippen MR) is 165 cm³/mol. The van der Waals surface area contributed by atoms with Crippen LogP contribution in [0.15, 0.2) is 53.9 Å². The van der Waals surface area contributed by atoms with Crippen molar-refractivity contribution in [1.82, 2.24) is 19.7 Å². The first-order chi connectivity index (χ1) is 21.4. The number of carbonyl (C=O) groups is 1. The molecule has 2 aromatic heterocycles. The van der Waals surface area contributed by atoms with Gasteiger partial charge in [0, 0.05) is 25.2 Å². The van der Waals surface area contributed by atoms with E-state index in [0.29, 0.717) is 32.2 Å². The molecular formula is C34H40N4O6. The minimum Gasteiger partial charge on any atom is -0.488 e. The summed E-state index contributed by atoms with van der Waals surface area (Å²) < 4.78 is 24.9. The van der Waals surface area contributed by atoms with E-state index in [1.165, 1.54) is 45.8 Å². The van der Waals surface area contributed by atoms with E-state index in [1.54, 1.807) is 6.07 Å². The molecule has 232 valence electrons. The highest BCUT2D eigenvalue weighted by molar-refractivity contribution is 5.90. The second-order valence-corrected chi connectivity index (χ2v) is 11.6. The standard InChI is InChI=1S/C34H40N4O6/c1-22-6-4-7-28(30-8-5-9-31(36-30)38-33(41-3)29(18-35-38)34(39)40)32(22)44-20-25-11-10-24-12-14-37(15-13-27(24)23(25)2)19-26-21-42-16-17-43-26/h5,7-11,18,26H,4,6,12-17,19-21H2,1-3H3,(H,39,40)/t26-/m1/s1. The molecule has 3 aliphatic rings. The van der Waals surface area contributed by atoms with Crippen LogP contribution in [-0.2, 0) is 33.7 Å². The van der Waals surface area contributed by atoms with Crippen LogP contribution in [-0.4, -0.2) is 83.4 Å². The lowest BCUT2D eigenvalue weighted by Crippen LogP contribution is -2.41. The third-order valence-electron chi connectivity index (χ3n) is 8.78. The molecule has 0 unspecified atom stereocenters. The van der Waals surface area contributed by atoms with Gasteiger partial charge in [0.1, 0.15) is 17.9 Å². The number of fused-ring (bicyclic) bond motifs is 1. The normalized spacial score (nSPS) is 19.2. The summed E-state index contributed by atoms with van der Waals surface area (Å²) in [5.74, 6) is 0.326. The monoisotopic (exact) mass is 600 g/mol. The Bertz CT molecular complexity index is 1590. The van der Waals surface area contributed by atoms with Crippen LogP contribution in [0.5, 0.6) is 5.88 Å². The Morgan fingerprint density at radius 2 is 1.98 bits per heavy atom. The maximum atomic E-state index is 11.6. The van der Waals surface area contributed by atoms with Gasteiger partial charge in [-0.2, -0.15) is 9.78 Å². The second kappa shape index (κ2) is 13.3. The summed E-state index contributed by atoms with van der Waals surface area (Å²) in [6, 6.07) is 10.1. The number of rotatable bonds is 9. The van der Waals surface area contributed by atoms with Gasteiger partial charge in [-0.15, -0.1) is 0 Å². The predicted octanol–water partition coefficient (Wildman–Crippen LogP) is 4.77. The molecule has 0 amide bonds. The molecule has 1 atom stereocenters. The van der Waals surface area contributed by atoms with Crippen molar-refractivity contribution >= 4 is 11.5 Å². The fourth-order valence-electron chi connectivity index (χ4n) is 6.35. The average molecular weight is 601 g/mol. The zero-order valence-corrected chi connectivity index (χ0v) is 25.7. The Morgan fingerprint density at radius 3 is 2.77 bits per heavy atom. The second-order valence-electron chi connectivity index (χ2n) is 11.6. The number of carboxylic acids is 1. The van der Waals surface area contributed by atoms with Crippen LogP contribution in [0.4, 0.5) is 0 Å². The number of aromatic nitrogens is 3. The highest BCUT2D eigenvalue weighted by Gasteiger charge is 2.24. The Hall–Kier alpha value is -3.99. The first-order valence-corrected chi connectivity index (χ1v) is 15.3. The molecule has 1 aromatic carbocycles. The number of ether oxygens (including phenoxy) is 4. The average Bonchev–Trinajstić information content (AvgIpc) is 3.38. The highest BCUT2D eigenvalue weighted by atomic mass is 16.6. The number of carboxylic acid groups (broad SMARTS) is 1. The van der Waals surface area contributed by atoms with E-state index in [2.05, 4.69) is 42.1 Å². The minimum atomic E-state index is -1.11. The maximum Gasteiger partial charge on any atom is 0.342 e. The smallest absolute Gasteiger partial charge is 0.342 e. The van der Waals surface area contributed by atoms with Crippen LogP contribution in [0.25, 0.3) is 11.4 Å². The molecule has 0 saturated carbocycles. The third kappa shape index (κ3) is 6.29. The van der Waals surface area contributed by atoms with Crippen molar-refractivity contribution in [2.45, 2.75) is 52.2 Å². The van der Waals surface area contributed by atoms with Gasteiger partial charge in [0.05, 0.1) is 44.9 Å². The number of allylic oxidation sites excluding steroid dienone is 3. The van der Waals surface area contributed by atoms with Gasteiger partial charge in [-0.25, -0.2) is 9.78 Å². The van der Waals surface area contributed by atoms with Gasteiger partial charge in [-0.3, -0.25) is 0 Å². The SMILES string of the molecule is COc1c(C(=O)O)cnn1-c1cccc(C2=CCCC(C)=C2OCc2ccc3c(c2C)CCN(C[C@@H]2COCCO2)CC3)n1. The number of nitrogens with zero attached hydrogens (tertiary/aromatic N) is 4. The van der Waals surface area contributed by atoms with E-state index in [0.717, 1.165) is 62.3 Å². The molecule has 0 spiro atoms. The number of hydrogen-bond acceptors (Lipinski definition) is 8. The van der Waals surface area contributed by atoms with Crippen molar-refractivity contribution in [1.29, 1.82) is 0 Å². The summed E-state index contributed by atoms with van der Waals surface area (Å²) >= 11 is 0. The molecule has 0 bridgehead atoms. The van der Waals surface area contributed by atoms with E-state index in [-0.39, 0.29) is 17.5 Å². The molecule has 0 radical (unpaired) electrons. The zero-order chi connectivity index (χ0) is 30.6. The highest BCUT2D eigenvalue weighted by Crippen LogP contribution is 2.34. The zero-order valence-electron chi connectivity index (χ0n) is 25.7. The maximum absolute atomic E-state index is 11.6. The quantitative estimate of drug-likeness (QED) is 0.372.